The van der Waals surface area contributed by atoms with Gasteiger partial charge in [-0.15, -0.1) is 0 Å². The van der Waals surface area contributed by atoms with Crippen LogP contribution in [-0.4, -0.2) is 17.6 Å². The van der Waals surface area contributed by atoms with E-state index in [-0.39, 0.29) is 12.4 Å². The number of aromatic nitrogens is 1. The van der Waals surface area contributed by atoms with Crippen LogP contribution in [0.4, 0.5) is 0 Å². The smallest absolute Gasteiger partial charge is 0.311 e. The molecule has 0 saturated carbocycles. The molecule has 0 aliphatic rings. The van der Waals surface area contributed by atoms with Crippen molar-refractivity contribution >= 4 is 33.5 Å². The normalized spacial score (nSPS) is 9.93. The third kappa shape index (κ3) is 3.27. The van der Waals surface area contributed by atoms with Crippen LogP contribution < -0.4 is 0 Å². The van der Waals surface area contributed by atoms with Crippen LogP contribution >= 0.6 is 27.5 Å². The minimum atomic E-state index is -0.319. The Morgan fingerprint density at radius 1 is 1.64 bits per heavy atom. The molecule has 0 aromatic carbocycles. The number of hydrogen-bond donors (Lipinski definition) is 0. The Balaban J connectivity index is 2.75. The highest BCUT2D eigenvalue weighted by atomic mass is 79.9. The molecule has 0 bridgehead atoms. The van der Waals surface area contributed by atoms with E-state index in [0.29, 0.717) is 21.9 Å². The van der Waals surface area contributed by atoms with Crippen molar-refractivity contribution in [1.29, 1.82) is 0 Å². The maximum absolute atomic E-state index is 11.1. The lowest BCUT2D eigenvalue weighted by Gasteiger charge is -2.03. The first-order chi connectivity index (χ1) is 6.63. The SMILES string of the molecule is CCOC(=O)Cc1nc(Br)ccc1Cl. The molecule has 0 spiro atoms. The van der Waals surface area contributed by atoms with Crippen LogP contribution in [0.1, 0.15) is 12.6 Å². The molecule has 5 heteroatoms. The van der Waals surface area contributed by atoms with Gasteiger partial charge >= 0.3 is 5.97 Å². The lowest BCUT2D eigenvalue weighted by Crippen LogP contribution is -2.09. The molecule has 0 amide bonds. The third-order valence-electron chi connectivity index (χ3n) is 1.50. The Morgan fingerprint density at radius 2 is 2.36 bits per heavy atom. The molecule has 0 N–H and O–H groups in total. The Hall–Kier alpha value is -0.610. The van der Waals surface area contributed by atoms with Gasteiger partial charge in [0.05, 0.1) is 23.7 Å². The number of pyridine rings is 1. The largest absolute Gasteiger partial charge is 0.466 e. The zero-order valence-corrected chi connectivity index (χ0v) is 9.93. The molecular weight excluding hydrogens is 269 g/mol. The molecule has 0 radical (unpaired) electrons. The highest BCUT2D eigenvalue weighted by Gasteiger charge is 2.09. The van der Waals surface area contributed by atoms with Crippen molar-refractivity contribution in [2.24, 2.45) is 0 Å². The van der Waals surface area contributed by atoms with Crippen molar-refractivity contribution in [3.05, 3.63) is 27.5 Å². The Labute approximate surface area is 95.6 Å². The molecule has 1 rings (SSSR count). The number of ether oxygens (including phenoxy) is 1. The number of nitrogens with zero attached hydrogens (tertiary/aromatic N) is 1. The number of carbonyl (C=O) groups excluding carboxylic acids is 1. The van der Waals surface area contributed by atoms with Gasteiger partial charge < -0.3 is 4.74 Å². The molecule has 0 atom stereocenters. The van der Waals surface area contributed by atoms with E-state index in [2.05, 4.69) is 20.9 Å². The molecule has 0 saturated heterocycles. The van der Waals surface area contributed by atoms with Crippen LogP contribution in [0.3, 0.4) is 0 Å². The fraction of sp³-hybridized carbons (Fsp3) is 0.333. The molecule has 0 aliphatic heterocycles. The summed E-state index contributed by atoms with van der Waals surface area (Å²) in [5.41, 5.74) is 0.527. The summed E-state index contributed by atoms with van der Waals surface area (Å²) in [5.74, 6) is -0.319. The van der Waals surface area contributed by atoms with Gasteiger partial charge in [-0.05, 0) is 35.0 Å². The standard InChI is InChI=1S/C9H9BrClNO2/c1-2-14-9(13)5-7-6(11)3-4-8(10)12-7/h3-4H,2,5H2,1H3. The molecule has 3 nitrogen and oxygen atoms in total. The molecule has 1 aromatic heterocycles. The summed E-state index contributed by atoms with van der Waals surface area (Å²) in [5, 5.41) is 0.473. The van der Waals surface area contributed by atoms with Gasteiger partial charge in [-0.3, -0.25) is 4.79 Å². The second kappa shape index (κ2) is 5.32. The molecule has 0 unspecified atom stereocenters. The number of rotatable bonds is 3. The maximum atomic E-state index is 11.1. The quantitative estimate of drug-likeness (QED) is 0.630. The Kier molecular flexibility index (Phi) is 4.35. The molecule has 1 aromatic rings. The van der Waals surface area contributed by atoms with Gasteiger partial charge in [-0.2, -0.15) is 0 Å². The van der Waals surface area contributed by atoms with Crippen LogP contribution in [0.25, 0.3) is 0 Å². The van der Waals surface area contributed by atoms with E-state index >= 15 is 0 Å². The summed E-state index contributed by atoms with van der Waals surface area (Å²) in [6, 6.07) is 3.41. The van der Waals surface area contributed by atoms with Gasteiger partial charge in [0.2, 0.25) is 0 Å². The summed E-state index contributed by atoms with van der Waals surface area (Å²) in [6.45, 7) is 2.12. The minimum Gasteiger partial charge on any atom is -0.466 e. The molecule has 76 valence electrons. The predicted octanol–water partition coefficient (Wildman–Crippen LogP) is 2.60. The van der Waals surface area contributed by atoms with Crippen LogP contribution in [0.2, 0.25) is 5.02 Å². The van der Waals surface area contributed by atoms with Crippen LogP contribution in [0, 0.1) is 0 Å². The van der Waals surface area contributed by atoms with Crippen LogP contribution in [0.5, 0.6) is 0 Å². The van der Waals surface area contributed by atoms with Gasteiger partial charge in [0, 0.05) is 0 Å². The molecule has 0 aliphatic carbocycles. The highest BCUT2D eigenvalue weighted by molar-refractivity contribution is 9.10. The zero-order chi connectivity index (χ0) is 10.6. The summed E-state index contributed by atoms with van der Waals surface area (Å²) in [6.07, 6.45) is 0.103. The second-order valence-electron chi connectivity index (χ2n) is 2.54. The van der Waals surface area contributed by atoms with Crippen molar-refractivity contribution in [3.63, 3.8) is 0 Å². The van der Waals surface area contributed by atoms with E-state index in [4.69, 9.17) is 16.3 Å². The average molecular weight is 279 g/mol. The van der Waals surface area contributed by atoms with E-state index in [1.807, 2.05) is 0 Å². The summed E-state index contributed by atoms with van der Waals surface area (Å²) in [7, 11) is 0. The van der Waals surface area contributed by atoms with Crippen molar-refractivity contribution in [2.45, 2.75) is 13.3 Å². The summed E-state index contributed by atoms with van der Waals surface area (Å²) < 4.78 is 5.44. The molecular formula is C9H9BrClNO2. The van der Waals surface area contributed by atoms with E-state index < -0.39 is 0 Å². The summed E-state index contributed by atoms with van der Waals surface area (Å²) in [4.78, 5) is 15.2. The van der Waals surface area contributed by atoms with Gasteiger partial charge in [0.25, 0.3) is 0 Å². The van der Waals surface area contributed by atoms with Crippen molar-refractivity contribution in [2.75, 3.05) is 6.61 Å². The molecule has 0 fully saturated rings. The Bertz CT molecular complexity index is 344. The zero-order valence-electron chi connectivity index (χ0n) is 7.59. The maximum Gasteiger partial charge on any atom is 0.311 e. The number of esters is 1. The first kappa shape index (κ1) is 11.5. The third-order valence-corrected chi connectivity index (χ3v) is 2.29. The number of carbonyl (C=O) groups is 1. The summed E-state index contributed by atoms with van der Waals surface area (Å²) >= 11 is 9.05. The van der Waals surface area contributed by atoms with Crippen molar-refractivity contribution in [1.82, 2.24) is 4.98 Å². The monoisotopic (exact) mass is 277 g/mol. The Morgan fingerprint density at radius 3 is 3.00 bits per heavy atom. The number of halogens is 2. The lowest BCUT2D eigenvalue weighted by atomic mass is 10.3. The first-order valence-electron chi connectivity index (χ1n) is 4.10. The van der Waals surface area contributed by atoms with E-state index in [0.717, 1.165) is 0 Å². The van der Waals surface area contributed by atoms with Crippen molar-refractivity contribution in [3.8, 4) is 0 Å². The van der Waals surface area contributed by atoms with Gasteiger partial charge in [0.15, 0.2) is 0 Å². The topological polar surface area (TPSA) is 39.2 Å². The highest BCUT2D eigenvalue weighted by Crippen LogP contribution is 2.17. The fourth-order valence-electron chi connectivity index (χ4n) is 0.930. The first-order valence-corrected chi connectivity index (χ1v) is 5.27. The van der Waals surface area contributed by atoms with Crippen LogP contribution in [-0.2, 0) is 16.0 Å². The van der Waals surface area contributed by atoms with Gasteiger partial charge in [-0.25, -0.2) is 4.98 Å². The van der Waals surface area contributed by atoms with E-state index in [1.165, 1.54) is 0 Å². The van der Waals surface area contributed by atoms with Gasteiger partial charge in [0.1, 0.15) is 4.60 Å². The fourth-order valence-corrected chi connectivity index (χ4v) is 1.45. The van der Waals surface area contributed by atoms with Crippen molar-refractivity contribution < 1.29 is 9.53 Å². The second-order valence-corrected chi connectivity index (χ2v) is 3.76. The molecule has 14 heavy (non-hydrogen) atoms. The predicted molar refractivity (Wildman–Crippen MR) is 57.3 cm³/mol. The molecule has 1 heterocycles. The van der Waals surface area contributed by atoms with Gasteiger partial charge in [-0.1, -0.05) is 11.6 Å². The average Bonchev–Trinajstić information content (AvgIpc) is 2.12. The van der Waals surface area contributed by atoms with Crippen LogP contribution in [0.15, 0.2) is 16.7 Å². The minimum absolute atomic E-state index is 0.103. The lowest BCUT2D eigenvalue weighted by molar-refractivity contribution is -0.142. The number of hydrogen-bond acceptors (Lipinski definition) is 3. The van der Waals surface area contributed by atoms with E-state index in [1.54, 1.807) is 19.1 Å². The van der Waals surface area contributed by atoms with E-state index in [9.17, 15) is 4.79 Å².